The van der Waals surface area contributed by atoms with Crippen molar-refractivity contribution in [3.05, 3.63) is 0 Å². The van der Waals surface area contributed by atoms with Crippen molar-refractivity contribution in [1.82, 2.24) is 20.4 Å². The van der Waals surface area contributed by atoms with Gasteiger partial charge >= 0.3 is 0 Å². The summed E-state index contributed by atoms with van der Waals surface area (Å²) in [6.07, 6.45) is 2.53. The Bertz CT molecular complexity index is 357. The van der Waals surface area contributed by atoms with Gasteiger partial charge in [0.1, 0.15) is 0 Å². The smallest absolute Gasteiger partial charge is 0.191 e. The van der Waals surface area contributed by atoms with Crippen LogP contribution in [0.4, 0.5) is 0 Å². The van der Waals surface area contributed by atoms with Gasteiger partial charge in [0.15, 0.2) is 5.96 Å². The van der Waals surface area contributed by atoms with E-state index in [1.54, 1.807) is 7.11 Å². The monoisotopic (exact) mass is 469 g/mol. The normalized spacial score (nSPS) is 18.9. The molecule has 1 rings (SSSR count). The van der Waals surface area contributed by atoms with Crippen molar-refractivity contribution in [2.24, 2.45) is 4.99 Å². The molecule has 150 valence electrons. The molecule has 0 saturated carbocycles. The Morgan fingerprint density at radius 1 is 1.24 bits per heavy atom. The van der Waals surface area contributed by atoms with Gasteiger partial charge < -0.3 is 15.4 Å². The Morgan fingerprint density at radius 2 is 1.92 bits per heavy atom. The Balaban J connectivity index is 0.00000576. The molecule has 1 unspecified atom stereocenters. The van der Waals surface area contributed by atoms with Crippen LogP contribution >= 0.6 is 24.0 Å². The number of methoxy groups -OCH3 is 1. The van der Waals surface area contributed by atoms with Crippen LogP contribution in [0.2, 0.25) is 0 Å². The van der Waals surface area contributed by atoms with Crippen molar-refractivity contribution >= 4 is 29.9 Å². The van der Waals surface area contributed by atoms with Gasteiger partial charge in [0, 0.05) is 58.5 Å². The number of guanidine groups is 1. The maximum atomic E-state index is 5.21. The highest BCUT2D eigenvalue weighted by atomic mass is 127. The lowest BCUT2D eigenvalue weighted by molar-refractivity contribution is 0.141. The lowest BCUT2D eigenvalue weighted by Crippen LogP contribution is -2.48. The third kappa shape index (κ3) is 9.40. The summed E-state index contributed by atoms with van der Waals surface area (Å²) < 4.78 is 5.21. The molecule has 6 nitrogen and oxygen atoms in total. The summed E-state index contributed by atoms with van der Waals surface area (Å²) in [5.74, 6) is 0.904. The topological polar surface area (TPSA) is 52.1 Å². The largest absolute Gasteiger partial charge is 0.383 e. The average molecular weight is 469 g/mol. The summed E-state index contributed by atoms with van der Waals surface area (Å²) in [6, 6.07) is 1.71. The van der Waals surface area contributed by atoms with Crippen LogP contribution < -0.4 is 10.6 Å². The van der Waals surface area contributed by atoms with Gasteiger partial charge in [-0.2, -0.15) is 0 Å². The maximum Gasteiger partial charge on any atom is 0.191 e. The van der Waals surface area contributed by atoms with Gasteiger partial charge in [0.25, 0.3) is 0 Å². The molecule has 0 aliphatic carbocycles. The molecule has 1 saturated heterocycles. The molecule has 0 aromatic rings. The lowest BCUT2D eigenvalue weighted by atomic mass is 10.2. The molecule has 1 heterocycles. The summed E-state index contributed by atoms with van der Waals surface area (Å²) in [4.78, 5) is 9.36. The fraction of sp³-hybridized carbons (Fsp3) is 0.944. The van der Waals surface area contributed by atoms with Crippen LogP contribution in [0, 0.1) is 0 Å². The fourth-order valence-corrected chi connectivity index (χ4v) is 3.48. The predicted molar refractivity (Wildman–Crippen MR) is 118 cm³/mol. The molecule has 0 aromatic carbocycles. The second-order valence-electron chi connectivity index (χ2n) is 7.13. The zero-order chi connectivity index (χ0) is 17.9. The summed E-state index contributed by atoms with van der Waals surface area (Å²) in [5, 5.41) is 6.93. The molecule has 0 amide bonds. The average Bonchev–Trinajstić information content (AvgIpc) is 2.98. The molecule has 0 aromatic heterocycles. The Kier molecular flexibility index (Phi) is 13.9. The zero-order valence-electron chi connectivity index (χ0n) is 17.0. The first-order chi connectivity index (χ1) is 11.5. The third-order valence-electron chi connectivity index (χ3n) is 4.80. The van der Waals surface area contributed by atoms with Gasteiger partial charge in [-0.25, -0.2) is 0 Å². The summed E-state index contributed by atoms with van der Waals surface area (Å²) in [7, 11) is 3.61. The quantitative estimate of drug-likeness (QED) is 0.291. The van der Waals surface area contributed by atoms with Gasteiger partial charge in [-0.05, 0) is 47.1 Å². The van der Waals surface area contributed by atoms with E-state index in [1.165, 1.54) is 19.4 Å². The number of likely N-dealkylation sites (tertiary alicyclic amines) is 1. The van der Waals surface area contributed by atoms with Gasteiger partial charge in [-0.1, -0.05) is 0 Å². The summed E-state index contributed by atoms with van der Waals surface area (Å²) in [6.45, 7) is 14.9. The van der Waals surface area contributed by atoms with Gasteiger partial charge in [0.2, 0.25) is 0 Å². The van der Waals surface area contributed by atoms with E-state index in [9.17, 15) is 0 Å². The Hall–Kier alpha value is -0.120. The van der Waals surface area contributed by atoms with E-state index < -0.39 is 0 Å². The Labute approximate surface area is 172 Å². The molecule has 1 aliphatic heterocycles. The van der Waals surface area contributed by atoms with E-state index in [1.807, 2.05) is 7.05 Å². The van der Waals surface area contributed by atoms with E-state index in [0.29, 0.717) is 18.1 Å². The molecule has 1 fully saturated rings. The van der Waals surface area contributed by atoms with Crippen LogP contribution in [0.5, 0.6) is 0 Å². The number of aliphatic imine (C=N–C) groups is 1. The van der Waals surface area contributed by atoms with Crippen LogP contribution in [0.3, 0.4) is 0 Å². The number of rotatable bonds is 10. The summed E-state index contributed by atoms with van der Waals surface area (Å²) in [5.41, 5.74) is 0. The molecule has 0 bridgehead atoms. The van der Waals surface area contributed by atoms with Crippen molar-refractivity contribution in [1.29, 1.82) is 0 Å². The molecule has 2 N–H and O–H groups in total. The van der Waals surface area contributed by atoms with Crippen molar-refractivity contribution in [3.8, 4) is 0 Å². The number of halogens is 1. The highest BCUT2D eigenvalue weighted by Gasteiger charge is 2.24. The number of nitrogens with zero attached hydrogens (tertiary/aromatic N) is 3. The minimum Gasteiger partial charge on any atom is -0.383 e. The first kappa shape index (κ1) is 24.9. The molecule has 1 atom stereocenters. The van der Waals surface area contributed by atoms with E-state index in [4.69, 9.17) is 4.74 Å². The second kappa shape index (κ2) is 14.0. The van der Waals surface area contributed by atoms with Crippen molar-refractivity contribution < 1.29 is 4.74 Å². The van der Waals surface area contributed by atoms with Crippen LogP contribution in [-0.2, 0) is 4.74 Å². The Morgan fingerprint density at radius 3 is 2.48 bits per heavy atom. The molecule has 7 heteroatoms. The molecular formula is C18H40IN5O. The van der Waals surface area contributed by atoms with Crippen LogP contribution in [0.1, 0.15) is 40.5 Å². The van der Waals surface area contributed by atoms with Crippen LogP contribution in [0.25, 0.3) is 0 Å². The number of ether oxygens (including phenoxy) is 1. The minimum atomic E-state index is 0. The number of hydrogen-bond donors (Lipinski definition) is 2. The standard InChI is InChI=1S/C18H39N5O.HI/c1-15(2)23(16(3)4)11-9-20-18(19-5)21-14-17-8-7-10-22(17)12-13-24-6;/h15-17H,7-14H2,1-6H3,(H2,19,20,21);1H. The van der Waals surface area contributed by atoms with Gasteiger partial charge in [-0.15, -0.1) is 24.0 Å². The number of nitrogens with one attached hydrogen (secondary N) is 2. The third-order valence-corrected chi connectivity index (χ3v) is 4.80. The zero-order valence-corrected chi connectivity index (χ0v) is 19.4. The second-order valence-corrected chi connectivity index (χ2v) is 7.13. The van der Waals surface area contributed by atoms with Crippen molar-refractivity contribution in [2.75, 3.05) is 53.5 Å². The maximum absolute atomic E-state index is 5.21. The van der Waals surface area contributed by atoms with Crippen molar-refractivity contribution in [3.63, 3.8) is 0 Å². The first-order valence-corrected chi connectivity index (χ1v) is 9.42. The highest BCUT2D eigenvalue weighted by Crippen LogP contribution is 2.15. The minimum absolute atomic E-state index is 0. The van der Waals surface area contributed by atoms with Crippen molar-refractivity contribution in [2.45, 2.75) is 58.7 Å². The van der Waals surface area contributed by atoms with E-state index >= 15 is 0 Å². The molecule has 25 heavy (non-hydrogen) atoms. The molecular weight excluding hydrogens is 429 g/mol. The number of hydrogen-bond acceptors (Lipinski definition) is 4. The van der Waals surface area contributed by atoms with Crippen LogP contribution in [-0.4, -0.2) is 87.4 Å². The SMILES string of the molecule is CN=C(NCCN(C(C)C)C(C)C)NCC1CCCN1CCOC.I. The highest BCUT2D eigenvalue weighted by molar-refractivity contribution is 14.0. The molecule has 0 spiro atoms. The van der Waals surface area contributed by atoms with Crippen LogP contribution in [0.15, 0.2) is 4.99 Å². The fourth-order valence-electron chi connectivity index (χ4n) is 3.48. The van der Waals surface area contributed by atoms with Gasteiger partial charge in [-0.3, -0.25) is 14.8 Å². The predicted octanol–water partition coefficient (Wildman–Crippen LogP) is 2.00. The molecule has 0 radical (unpaired) electrons. The van der Waals surface area contributed by atoms with E-state index in [0.717, 1.165) is 38.7 Å². The summed E-state index contributed by atoms with van der Waals surface area (Å²) >= 11 is 0. The molecule has 1 aliphatic rings. The first-order valence-electron chi connectivity index (χ1n) is 9.42. The van der Waals surface area contributed by atoms with E-state index in [-0.39, 0.29) is 24.0 Å². The lowest BCUT2D eigenvalue weighted by Gasteiger charge is -2.31. The van der Waals surface area contributed by atoms with Gasteiger partial charge in [0.05, 0.1) is 6.61 Å². The van der Waals surface area contributed by atoms with E-state index in [2.05, 4.69) is 53.1 Å².